The summed E-state index contributed by atoms with van der Waals surface area (Å²) in [5.41, 5.74) is 1.38. The molecular formula is C31H62N4. The van der Waals surface area contributed by atoms with Crippen molar-refractivity contribution in [3.8, 4) is 0 Å². The van der Waals surface area contributed by atoms with Crippen LogP contribution >= 0.6 is 0 Å². The lowest BCUT2D eigenvalue weighted by molar-refractivity contribution is 0.00610. The van der Waals surface area contributed by atoms with E-state index in [-0.39, 0.29) is 0 Å². The van der Waals surface area contributed by atoms with Crippen molar-refractivity contribution < 1.29 is 0 Å². The number of piperidine rings is 2. The Morgan fingerprint density at radius 2 is 1.09 bits per heavy atom. The highest BCUT2D eigenvalue weighted by molar-refractivity contribution is 4.93. The Kier molecular flexibility index (Phi) is 9.49. The molecule has 0 aromatic rings. The summed E-state index contributed by atoms with van der Waals surface area (Å²) in [7, 11) is 0. The smallest absolute Gasteiger partial charge is 0.0155 e. The number of hydrogen-bond donors (Lipinski definition) is 0. The molecule has 0 unspecified atom stereocenters. The van der Waals surface area contributed by atoms with Gasteiger partial charge in [-0.3, -0.25) is 14.7 Å². The fraction of sp³-hybridized carbons (Fsp3) is 1.00. The number of hydrogen-bond acceptors (Lipinski definition) is 4. The topological polar surface area (TPSA) is 13.0 Å². The van der Waals surface area contributed by atoms with Crippen LogP contribution in [0.2, 0.25) is 0 Å². The number of likely N-dealkylation sites (tertiary alicyclic amines) is 2. The zero-order chi connectivity index (χ0) is 26.1. The average molecular weight is 491 g/mol. The quantitative estimate of drug-likeness (QED) is 0.420. The Morgan fingerprint density at radius 3 is 1.57 bits per heavy atom. The highest BCUT2D eigenvalue weighted by Gasteiger charge is 2.37. The van der Waals surface area contributed by atoms with Gasteiger partial charge in [-0.15, -0.1) is 0 Å². The lowest BCUT2D eigenvalue weighted by Crippen LogP contribution is -2.57. The van der Waals surface area contributed by atoms with Crippen molar-refractivity contribution >= 4 is 0 Å². The maximum Gasteiger partial charge on any atom is 0.0155 e. The summed E-state index contributed by atoms with van der Waals surface area (Å²) in [6, 6.07) is 0. The van der Waals surface area contributed by atoms with Crippen LogP contribution in [0.3, 0.4) is 0 Å². The summed E-state index contributed by atoms with van der Waals surface area (Å²) in [6.07, 6.45) is 8.12. The molecule has 4 heteroatoms. The Morgan fingerprint density at radius 1 is 0.571 bits per heavy atom. The first kappa shape index (κ1) is 29.4. The van der Waals surface area contributed by atoms with Crippen LogP contribution < -0.4 is 0 Å². The molecule has 3 fully saturated rings. The summed E-state index contributed by atoms with van der Waals surface area (Å²) in [5, 5.41) is 0. The second-order valence-corrected chi connectivity index (χ2v) is 15.7. The molecule has 1 atom stereocenters. The Hall–Kier alpha value is -0.160. The van der Waals surface area contributed by atoms with Crippen molar-refractivity contribution in [1.82, 2.24) is 19.6 Å². The van der Waals surface area contributed by atoms with E-state index in [1.165, 1.54) is 97.4 Å². The molecule has 3 aliphatic rings. The average Bonchev–Trinajstić information content (AvgIpc) is 2.77. The predicted molar refractivity (Wildman–Crippen MR) is 153 cm³/mol. The second-order valence-electron chi connectivity index (χ2n) is 15.7. The lowest BCUT2D eigenvalue weighted by atomic mass is 9.74. The minimum Gasteiger partial charge on any atom is -0.300 e. The van der Waals surface area contributed by atoms with Crippen molar-refractivity contribution in [3.05, 3.63) is 0 Å². The molecule has 0 saturated carbocycles. The van der Waals surface area contributed by atoms with E-state index in [4.69, 9.17) is 0 Å². The largest absolute Gasteiger partial charge is 0.300 e. The van der Waals surface area contributed by atoms with Crippen molar-refractivity contribution in [1.29, 1.82) is 0 Å². The van der Waals surface area contributed by atoms with Gasteiger partial charge in [0.25, 0.3) is 0 Å². The number of rotatable bonds is 7. The van der Waals surface area contributed by atoms with Crippen LogP contribution in [0.4, 0.5) is 0 Å². The zero-order valence-electron chi connectivity index (χ0n) is 25.6. The fourth-order valence-corrected chi connectivity index (χ4v) is 7.00. The zero-order valence-corrected chi connectivity index (χ0v) is 25.6. The van der Waals surface area contributed by atoms with Gasteiger partial charge in [0.15, 0.2) is 0 Å². The highest BCUT2D eigenvalue weighted by atomic mass is 15.3. The minimum atomic E-state index is 0.293. The van der Waals surface area contributed by atoms with Crippen LogP contribution in [0.15, 0.2) is 0 Å². The van der Waals surface area contributed by atoms with Gasteiger partial charge in [-0.25, -0.2) is 0 Å². The third kappa shape index (κ3) is 8.16. The normalized spacial score (nSPS) is 26.4. The summed E-state index contributed by atoms with van der Waals surface area (Å²) in [6.45, 7) is 35.9. The summed E-state index contributed by atoms with van der Waals surface area (Å²) in [5.74, 6) is 1.73. The molecule has 4 nitrogen and oxygen atoms in total. The summed E-state index contributed by atoms with van der Waals surface area (Å²) >= 11 is 0. The predicted octanol–water partition coefficient (Wildman–Crippen LogP) is 6.21. The van der Waals surface area contributed by atoms with Gasteiger partial charge < -0.3 is 4.90 Å². The van der Waals surface area contributed by atoms with Crippen LogP contribution in [0, 0.1) is 17.3 Å². The SMILES string of the molecule is CC(C)(C)C1CCN(C(C)(C)CCC(C)(C)N2CCN(C[C@@H]3CCCN(C(C)(C)C)C3)CC2)CC1. The van der Waals surface area contributed by atoms with Crippen LogP contribution in [0.5, 0.6) is 0 Å². The van der Waals surface area contributed by atoms with Gasteiger partial charge in [0.1, 0.15) is 0 Å². The molecule has 3 heterocycles. The van der Waals surface area contributed by atoms with Crippen molar-refractivity contribution in [2.24, 2.45) is 17.3 Å². The molecular weight excluding hydrogens is 428 g/mol. The second kappa shape index (κ2) is 11.3. The Bertz CT molecular complexity index is 640. The van der Waals surface area contributed by atoms with Gasteiger partial charge in [-0.05, 0) is 124 Å². The van der Waals surface area contributed by atoms with E-state index in [1.54, 1.807) is 0 Å². The van der Waals surface area contributed by atoms with E-state index in [0.29, 0.717) is 22.0 Å². The molecule has 3 rings (SSSR count). The molecule has 0 spiro atoms. The summed E-state index contributed by atoms with van der Waals surface area (Å²) < 4.78 is 0. The molecule has 0 amide bonds. The van der Waals surface area contributed by atoms with E-state index in [9.17, 15) is 0 Å². The van der Waals surface area contributed by atoms with Crippen molar-refractivity contribution in [2.75, 3.05) is 58.9 Å². The summed E-state index contributed by atoms with van der Waals surface area (Å²) in [4.78, 5) is 11.1. The molecule has 0 aromatic carbocycles. The van der Waals surface area contributed by atoms with Crippen LogP contribution in [0.1, 0.15) is 108 Å². The first-order valence-electron chi connectivity index (χ1n) is 15.1. The van der Waals surface area contributed by atoms with E-state index in [2.05, 4.69) is 88.8 Å². The fourth-order valence-electron chi connectivity index (χ4n) is 7.00. The maximum absolute atomic E-state index is 2.80. The molecule has 3 aliphatic heterocycles. The van der Waals surface area contributed by atoms with Gasteiger partial charge in [0, 0.05) is 55.9 Å². The van der Waals surface area contributed by atoms with Gasteiger partial charge in [0.2, 0.25) is 0 Å². The highest BCUT2D eigenvalue weighted by Crippen LogP contribution is 2.37. The van der Waals surface area contributed by atoms with Crippen LogP contribution in [-0.2, 0) is 0 Å². The standard InChI is InChI=1S/C31H62N4/c1-28(2,3)27-13-18-33(19-14-27)30(7,8)15-16-31(9,10)34-22-20-32(21-23-34)24-26-12-11-17-35(25-26)29(4,5)6/h26-27H,11-25H2,1-10H3/t26-/m0/s1. The minimum absolute atomic E-state index is 0.293. The number of piperazine rings is 1. The van der Waals surface area contributed by atoms with E-state index in [0.717, 1.165) is 11.8 Å². The number of nitrogens with zero attached hydrogens (tertiary/aromatic N) is 4. The molecule has 206 valence electrons. The lowest BCUT2D eigenvalue weighted by Gasteiger charge is -2.49. The first-order chi connectivity index (χ1) is 16.1. The Labute approximate surface area is 220 Å². The molecule has 0 bridgehead atoms. The van der Waals surface area contributed by atoms with Crippen molar-refractivity contribution in [3.63, 3.8) is 0 Å². The van der Waals surface area contributed by atoms with Gasteiger partial charge in [-0.2, -0.15) is 0 Å². The van der Waals surface area contributed by atoms with Crippen LogP contribution in [-0.4, -0.2) is 95.1 Å². The molecule has 3 saturated heterocycles. The van der Waals surface area contributed by atoms with E-state index in [1.807, 2.05) is 0 Å². The monoisotopic (exact) mass is 490 g/mol. The maximum atomic E-state index is 2.80. The van der Waals surface area contributed by atoms with Gasteiger partial charge >= 0.3 is 0 Å². The third-order valence-electron chi connectivity index (χ3n) is 10.1. The molecule has 0 radical (unpaired) electrons. The molecule has 0 aliphatic carbocycles. The van der Waals surface area contributed by atoms with Crippen LogP contribution in [0.25, 0.3) is 0 Å². The van der Waals surface area contributed by atoms with Gasteiger partial charge in [-0.1, -0.05) is 20.8 Å². The Balaban J connectivity index is 1.42. The molecule has 35 heavy (non-hydrogen) atoms. The molecule has 0 aromatic heterocycles. The van der Waals surface area contributed by atoms with Crippen molar-refractivity contribution in [2.45, 2.75) is 124 Å². The molecule has 0 N–H and O–H groups in total. The van der Waals surface area contributed by atoms with E-state index >= 15 is 0 Å². The third-order valence-corrected chi connectivity index (χ3v) is 10.1. The van der Waals surface area contributed by atoms with Gasteiger partial charge in [0.05, 0.1) is 0 Å². The van der Waals surface area contributed by atoms with E-state index < -0.39 is 0 Å². The first-order valence-corrected chi connectivity index (χ1v) is 15.1.